The number of rotatable bonds is 5. The minimum Gasteiger partial charge on any atom is -0.372 e. The summed E-state index contributed by atoms with van der Waals surface area (Å²) in [6.07, 6.45) is 0. The van der Waals surface area contributed by atoms with Crippen LogP contribution in [0.5, 0.6) is 5.75 Å². The lowest BCUT2D eigenvalue weighted by molar-refractivity contribution is 0.0944. The van der Waals surface area contributed by atoms with E-state index >= 15 is 0 Å². The third kappa shape index (κ3) is 3.62. The van der Waals surface area contributed by atoms with Gasteiger partial charge in [-0.1, -0.05) is 0 Å². The number of hydrogen-bond acceptors (Lipinski definition) is 4. The lowest BCUT2D eigenvalue weighted by Gasteiger charge is -2.12. The highest BCUT2D eigenvalue weighted by Crippen LogP contribution is 2.32. The Morgan fingerprint density at radius 2 is 1.46 bits per heavy atom. The topological polar surface area (TPSA) is 72.5 Å². The first-order valence-corrected chi connectivity index (χ1v) is 8.35. The van der Waals surface area contributed by atoms with E-state index in [9.17, 15) is 35.2 Å². The third-order valence-corrected chi connectivity index (χ3v) is 4.32. The first-order chi connectivity index (χ1) is 12.1. The lowest BCUT2D eigenvalue weighted by atomic mass is 10.1. The molecule has 0 aliphatic heterocycles. The van der Waals surface area contributed by atoms with Crippen LogP contribution >= 0.6 is 0 Å². The largest absolute Gasteiger partial charge is 0.372 e. The zero-order valence-electron chi connectivity index (χ0n) is 12.9. The van der Waals surface area contributed by atoms with Gasteiger partial charge in [0.05, 0.1) is 0 Å². The van der Waals surface area contributed by atoms with Crippen LogP contribution in [-0.4, -0.2) is 20.9 Å². The third-order valence-electron chi connectivity index (χ3n) is 3.08. The van der Waals surface area contributed by atoms with E-state index in [1.807, 2.05) is 5.32 Å². The summed E-state index contributed by atoms with van der Waals surface area (Å²) in [5.74, 6) is -12.8. The summed E-state index contributed by atoms with van der Waals surface area (Å²) in [5.41, 5.74) is -1.56. The molecule has 0 radical (unpaired) electrons. The maximum Gasteiger partial charge on any atom is 0.339 e. The minimum absolute atomic E-state index is 0.0852. The monoisotopic (exact) mass is 395 g/mol. The molecule has 0 aliphatic rings. The van der Waals surface area contributed by atoms with Crippen LogP contribution in [0.15, 0.2) is 29.2 Å². The molecule has 0 saturated carbocycles. The van der Waals surface area contributed by atoms with Crippen molar-refractivity contribution < 1.29 is 39.3 Å². The molecular weight excluding hydrogens is 385 g/mol. The van der Waals surface area contributed by atoms with E-state index in [1.165, 1.54) is 6.92 Å². The molecule has 0 spiro atoms. The van der Waals surface area contributed by atoms with Crippen LogP contribution in [0.3, 0.4) is 0 Å². The predicted octanol–water partition coefficient (Wildman–Crippen LogP) is 2.90. The SMILES string of the molecule is CCNC(=O)c1c(F)c(F)c(OS(=O)(=O)c2ccc(F)cc2)c(F)c1F. The van der Waals surface area contributed by atoms with Gasteiger partial charge in [-0.2, -0.15) is 17.2 Å². The van der Waals surface area contributed by atoms with Gasteiger partial charge in [0.2, 0.25) is 17.4 Å². The Morgan fingerprint density at radius 3 is 1.92 bits per heavy atom. The molecule has 0 saturated heterocycles. The molecule has 0 unspecified atom stereocenters. The normalized spacial score (nSPS) is 11.3. The smallest absolute Gasteiger partial charge is 0.339 e. The summed E-state index contributed by atoms with van der Waals surface area (Å²) in [6, 6.07) is 2.89. The quantitative estimate of drug-likeness (QED) is 0.480. The number of carbonyl (C=O) groups is 1. The van der Waals surface area contributed by atoms with Crippen molar-refractivity contribution in [1.29, 1.82) is 0 Å². The summed E-state index contributed by atoms with van der Waals surface area (Å²) in [4.78, 5) is 10.8. The molecule has 140 valence electrons. The zero-order chi connectivity index (χ0) is 19.6. The van der Waals surface area contributed by atoms with Crippen LogP contribution in [0.1, 0.15) is 17.3 Å². The first-order valence-electron chi connectivity index (χ1n) is 6.94. The molecule has 0 aliphatic carbocycles. The molecule has 0 fully saturated rings. The maximum absolute atomic E-state index is 14.0. The van der Waals surface area contributed by atoms with Gasteiger partial charge in [0.15, 0.2) is 11.6 Å². The van der Waals surface area contributed by atoms with Gasteiger partial charge in [0, 0.05) is 6.54 Å². The van der Waals surface area contributed by atoms with Crippen molar-refractivity contribution in [3.05, 3.63) is 58.9 Å². The molecule has 0 heterocycles. The Kier molecular flexibility index (Phi) is 5.50. The average molecular weight is 395 g/mol. The van der Waals surface area contributed by atoms with Crippen LogP contribution < -0.4 is 9.50 Å². The second-order valence-corrected chi connectivity index (χ2v) is 6.36. The van der Waals surface area contributed by atoms with E-state index < -0.39 is 61.3 Å². The minimum atomic E-state index is -4.93. The summed E-state index contributed by atoms with van der Waals surface area (Å²) in [6.45, 7) is 1.31. The molecule has 1 N–H and O–H groups in total. The number of carbonyl (C=O) groups excluding carboxylic acids is 1. The van der Waals surface area contributed by atoms with E-state index in [4.69, 9.17) is 0 Å². The maximum atomic E-state index is 14.0. The Labute approximate surface area is 144 Å². The van der Waals surface area contributed by atoms with Gasteiger partial charge in [-0.15, -0.1) is 0 Å². The lowest BCUT2D eigenvalue weighted by Crippen LogP contribution is -2.26. The van der Waals surface area contributed by atoms with Crippen molar-refractivity contribution in [2.24, 2.45) is 0 Å². The summed E-state index contributed by atoms with van der Waals surface area (Å²) < 4.78 is 96.8. The van der Waals surface area contributed by atoms with Gasteiger partial charge >= 0.3 is 10.1 Å². The van der Waals surface area contributed by atoms with Crippen molar-refractivity contribution in [2.45, 2.75) is 11.8 Å². The fourth-order valence-electron chi connectivity index (χ4n) is 1.89. The Morgan fingerprint density at radius 1 is 0.962 bits per heavy atom. The zero-order valence-corrected chi connectivity index (χ0v) is 13.8. The first kappa shape index (κ1) is 19.6. The fraction of sp³-hybridized carbons (Fsp3) is 0.133. The molecule has 5 nitrogen and oxygen atoms in total. The average Bonchev–Trinajstić information content (AvgIpc) is 2.58. The summed E-state index contributed by atoms with van der Waals surface area (Å²) >= 11 is 0. The van der Waals surface area contributed by atoms with E-state index in [0.717, 1.165) is 24.3 Å². The highest BCUT2D eigenvalue weighted by Gasteiger charge is 2.33. The molecular formula is C15H10F5NO4S. The molecule has 0 bridgehead atoms. The number of amides is 1. The molecule has 2 aromatic carbocycles. The van der Waals surface area contributed by atoms with Crippen molar-refractivity contribution in [2.75, 3.05) is 6.54 Å². The van der Waals surface area contributed by atoms with E-state index in [-0.39, 0.29) is 6.54 Å². The Balaban J connectivity index is 2.54. The standard InChI is InChI=1S/C15H10F5NO4S/c1-2-21-15(22)9-10(17)12(19)14(13(20)11(9)18)25-26(23,24)8-5-3-7(16)4-6-8/h3-6H,2H2,1H3,(H,21,22). The van der Waals surface area contributed by atoms with Crippen molar-refractivity contribution in [3.8, 4) is 5.75 Å². The highest BCUT2D eigenvalue weighted by atomic mass is 32.2. The summed E-state index contributed by atoms with van der Waals surface area (Å²) in [5, 5.41) is 1.95. The second kappa shape index (κ2) is 7.28. The van der Waals surface area contributed by atoms with Crippen LogP contribution in [0, 0.1) is 29.1 Å². The van der Waals surface area contributed by atoms with Crippen molar-refractivity contribution in [3.63, 3.8) is 0 Å². The van der Waals surface area contributed by atoms with Gasteiger partial charge < -0.3 is 9.50 Å². The van der Waals surface area contributed by atoms with Gasteiger partial charge in [-0.3, -0.25) is 4.79 Å². The van der Waals surface area contributed by atoms with Gasteiger partial charge in [0.1, 0.15) is 16.3 Å². The molecule has 11 heteroatoms. The molecule has 2 aromatic rings. The van der Waals surface area contributed by atoms with Crippen LogP contribution in [0.25, 0.3) is 0 Å². The number of halogens is 5. The van der Waals surface area contributed by atoms with E-state index in [2.05, 4.69) is 4.18 Å². The molecule has 1 amide bonds. The highest BCUT2D eigenvalue weighted by molar-refractivity contribution is 7.87. The Hall–Kier alpha value is -2.69. The van der Waals surface area contributed by atoms with E-state index in [0.29, 0.717) is 0 Å². The molecule has 0 aromatic heterocycles. The van der Waals surface area contributed by atoms with Crippen molar-refractivity contribution in [1.82, 2.24) is 5.32 Å². The number of hydrogen-bond donors (Lipinski definition) is 1. The molecule has 26 heavy (non-hydrogen) atoms. The van der Waals surface area contributed by atoms with Crippen molar-refractivity contribution >= 4 is 16.0 Å². The van der Waals surface area contributed by atoms with Gasteiger partial charge in [0.25, 0.3) is 5.91 Å². The predicted molar refractivity (Wildman–Crippen MR) is 78.5 cm³/mol. The fourth-order valence-corrected chi connectivity index (χ4v) is 2.82. The second-order valence-electron chi connectivity index (χ2n) is 4.81. The van der Waals surface area contributed by atoms with Gasteiger partial charge in [-0.05, 0) is 31.2 Å². The number of benzene rings is 2. The molecule has 2 rings (SSSR count). The summed E-state index contributed by atoms with van der Waals surface area (Å²) in [7, 11) is -4.93. The van der Waals surface area contributed by atoms with E-state index in [1.54, 1.807) is 0 Å². The van der Waals surface area contributed by atoms with Crippen LogP contribution in [0.2, 0.25) is 0 Å². The number of nitrogens with one attached hydrogen (secondary N) is 1. The molecule has 0 atom stereocenters. The van der Waals surface area contributed by atoms with Crippen LogP contribution in [-0.2, 0) is 10.1 Å². The van der Waals surface area contributed by atoms with Gasteiger partial charge in [-0.25, -0.2) is 13.2 Å². The van der Waals surface area contributed by atoms with Crippen LogP contribution in [0.4, 0.5) is 22.0 Å². The Bertz CT molecular complexity index is 932.